The molecule has 0 fully saturated rings. The lowest BCUT2D eigenvalue weighted by Gasteiger charge is -2.13. The summed E-state index contributed by atoms with van der Waals surface area (Å²) in [6, 6.07) is 5.17. The molecule has 0 bridgehead atoms. The van der Waals surface area contributed by atoms with E-state index in [2.05, 4.69) is 0 Å². The minimum absolute atomic E-state index is 0.0282. The Bertz CT molecular complexity index is 549. The lowest BCUT2D eigenvalue weighted by molar-refractivity contribution is 0.0696. The third kappa shape index (κ3) is 4.81. The summed E-state index contributed by atoms with van der Waals surface area (Å²) in [6.07, 6.45) is -0.488. The Morgan fingerprint density at radius 3 is 2.25 bits per heavy atom. The largest absolute Gasteiger partial charge is 0.478 e. The van der Waals surface area contributed by atoms with Crippen LogP contribution in [0.1, 0.15) is 24.2 Å². The van der Waals surface area contributed by atoms with Gasteiger partial charge in [0.1, 0.15) is 0 Å². The van der Waals surface area contributed by atoms with E-state index in [0.717, 1.165) is 0 Å². The Kier molecular flexibility index (Phi) is 6.04. The van der Waals surface area contributed by atoms with Crippen molar-refractivity contribution in [1.29, 1.82) is 0 Å². The Balaban J connectivity index is 2.67. The second-order valence-corrected chi connectivity index (χ2v) is 8.06. The van der Waals surface area contributed by atoms with Crippen LogP contribution in [0.2, 0.25) is 0 Å². The summed E-state index contributed by atoms with van der Waals surface area (Å²) in [5, 5.41) is 18.1. The van der Waals surface area contributed by atoms with Crippen molar-refractivity contribution in [2.75, 3.05) is 11.5 Å². The van der Waals surface area contributed by atoms with Gasteiger partial charge in [-0.25, -0.2) is 13.2 Å². The van der Waals surface area contributed by atoms with Crippen LogP contribution >= 0.6 is 11.8 Å². The minimum Gasteiger partial charge on any atom is -0.478 e. The number of carboxylic acids is 1. The second-order valence-electron chi connectivity index (χ2n) is 4.46. The molecule has 20 heavy (non-hydrogen) atoms. The number of hydrogen-bond acceptors (Lipinski definition) is 5. The summed E-state index contributed by atoms with van der Waals surface area (Å²) >= 11 is 1.39. The molecule has 1 aromatic carbocycles. The number of thioether (sulfide) groups is 1. The van der Waals surface area contributed by atoms with E-state index in [9.17, 15) is 18.3 Å². The highest BCUT2D eigenvalue weighted by molar-refractivity contribution is 8.01. The molecule has 7 heteroatoms. The number of hydrogen-bond donors (Lipinski definition) is 2. The molecular weight excluding hydrogens is 300 g/mol. The van der Waals surface area contributed by atoms with Gasteiger partial charge >= 0.3 is 5.97 Å². The monoisotopic (exact) mass is 318 g/mol. The van der Waals surface area contributed by atoms with Crippen molar-refractivity contribution in [1.82, 2.24) is 0 Å². The van der Waals surface area contributed by atoms with Gasteiger partial charge in [0.2, 0.25) is 0 Å². The van der Waals surface area contributed by atoms with E-state index in [1.54, 1.807) is 6.92 Å². The van der Waals surface area contributed by atoms with Gasteiger partial charge in [0.15, 0.2) is 9.84 Å². The fraction of sp³-hybridized carbons (Fsp3) is 0.462. The van der Waals surface area contributed by atoms with Gasteiger partial charge in [-0.1, -0.05) is 6.92 Å². The zero-order valence-corrected chi connectivity index (χ0v) is 12.9. The molecule has 2 atom stereocenters. The quantitative estimate of drug-likeness (QED) is 0.794. The van der Waals surface area contributed by atoms with Gasteiger partial charge < -0.3 is 10.2 Å². The first-order valence-corrected chi connectivity index (χ1v) is 8.80. The van der Waals surface area contributed by atoms with Gasteiger partial charge in [-0.05, 0) is 31.2 Å². The van der Waals surface area contributed by atoms with Crippen molar-refractivity contribution < 1.29 is 23.4 Å². The van der Waals surface area contributed by atoms with Crippen LogP contribution in [0.5, 0.6) is 0 Å². The molecule has 5 nitrogen and oxygen atoms in total. The molecule has 0 saturated heterocycles. The maximum Gasteiger partial charge on any atom is 0.335 e. The summed E-state index contributed by atoms with van der Waals surface area (Å²) in [6.45, 7) is 3.50. The average molecular weight is 318 g/mol. The first-order chi connectivity index (χ1) is 9.24. The Labute approximate surface area is 122 Å². The number of carboxylic acid groups (broad SMARTS) is 1. The predicted octanol–water partition coefficient (Wildman–Crippen LogP) is 1.66. The molecule has 0 radical (unpaired) electrons. The van der Waals surface area contributed by atoms with E-state index in [-0.39, 0.29) is 21.5 Å². The molecule has 0 aromatic heterocycles. The van der Waals surface area contributed by atoms with Gasteiger partial charge in [-0.15, -0.1) is 0 Å². The van der Waals surface area contributed by atoms with Crippen molar-refractivity contribution in [3.05, 3.63) is 29.8 Å². The maximum atomic E-state index is 12.0. The molecule has 1 rings (SSSR count). The van der Waals surface area contributed by atoms with E-state index in [1.807, 2.05) is 6.92 Å². The van der Waals surface area contributed by atoms with Gasteiger partial charge in [-0.3, -0.25) is 0 Å². The fourth-order valence-corrected chi connectivity index (χ4v) is 4.10. The summed E-state index contributed by atoms with van der Waals surface area (Å²) in [5.74, 6) is -0.744. The number of aromatic carboxylic acids is 1. The van der Waals surface area contributed by atoms with Crippen molar-refractivity contribution in [3.8, 4) is 0 Å². The second kappa shape index (κ2) is 7.10. The summed E-state index contributed by atoms with van der Waals surface area (Å²) in [7, 11) is -3.42. The summed E-state index contributed by atoms with van der Waals surface area (Å²) in [4.78, 5) is 10.8. The molecule has 1 aromatic rings. The average Bonchev–Trinajstić information content (AvgIpc) is 2.38. The predicted molar refractivity (Wildman–Crippen MR) is 79.1 cm³/mol. The normalized spacial score (nSPS) is 14.8. The molecule has 2 unspecified atom stereocenters. The highest BCUT2D eigenvalue weighted by atomic mass is 32.2. The molecular formula is C13H18O5S2. The topological polar surface area (TPSA) is 91.7 Å². The van der Waals surface area contributed by atoms with Crippen LogP contribution in [0.4, 0.5) is 0 Å². The molecule has 0 saturated carbocycles. The SMILES string of the molecule is CC(O)C(C)SCCS(=O)(=O)c1ccc(C(=O)O)cc1. The molecule has 0 aliphatic rings. The lowest BCUT2D eigenvalue weighted by Crippen LogP contribution is -2.18. The van der Waals surface area contributed by atoms with Crippen LogP contribution in [0, 0.1) is 0 Å². The van der Waals surface area contributed by atoms with Crippen LogP contribution in [0.25, 0.3) is 0 Å². The number of carbonyl (C=O) groups is 1. The van der Waals surface area contributed by atoms with Gasteiger partial charge in [-0.2, -0.15) is 11.8 Å². The van der Waals surface area contributed by atoms with Gasteiger partial charge in [0, 0.05) is 11.0 Å². The first-order valence-electron chi connectivity index (χ1n) is 6.10. The highest BCUT2D eigenvalue weighted by Gasteiger charge is 2.17. The Morgan fingerprint density at radius 2 is 1.80 bits per heavy atom. The van der Waals surface area contributed by atoms with E-state index in [4.69, 9.17) is 5.11 Å². The molecule has 0 amide bonds. The third-order valence-corrected chi connectivity index (χ3v) is 6.22. The number of aliphatic hydroxyl groups is 1. The first kappa shape index (κ1) is 17.0. The Morgan fingerprint density at radius 1 is 1.25 bits per heavy atom. The fourth-order valence-electron chi connectivity index (χ4n) is 1.41. The van der Waals surface area contributed by atoms with Gasteiger partial charge in [0.05, 0.1) is 22.3 Å². The standard InChI is InChI=1S/C13H18O5S2/c1-9(14)10(2)19-7-8-20(17,18)12-5-3-11(4-6-12)13(15)16/h3-6,9-10,14H,7-8H2,1-2H3,(H,15,16). The van der Waals surface area contributed by atoms with Crippen molar-refractivity contribution in [2.24, 2.45) is 0 Å². The van der Waals surface area contributed by atoms with E-state index in [0.29, 0.717) is 5.75 Å². The smallest absolute Gasteiger partial charge is 0.335 e. The number of benzene rings is 1. The van der Waals surface area contributed by atoms with E-state index in [1.165, 1.54) is 36.0 Å². The Hall–Kier alpha value is -1.05. The molecule has 0 heterocycles. The molecule has 0 aliphatic carbocycles. The number of rotatable bonds is 7. The maximum absolute atomic E-state index is 12.0. The van der Waals surface area contributed by atoms with Crippen LogP contribution in [0.3, 0.4) is 0 Å². The van der Waals surface area contributed by atoms with E-state index < -0.39 is 21.9 Å². The third-order valence-electron chi connectivity index (χ3n) is 2.87. The van der Waals surface area contributed by atoms with Crippen molar-refractivity contribution in [2.45, 2.75) is 30.1 Å². The minimum atomic E-state index is -3.42. The lowest BCUT2D eigenvalue weighted by atomic mass is 10.2. The highest BCUT2D eigenvalue weighted by Crippen LogP contribution is 2.18. The molecule has 2 N–H and O–H groups in total. The number of aliphatic hydroxyl groups excluding tert-OH is 1. The summed E-state index contributed by atoms with van der Waals surface area (Å²) < 4.78 is 24.1. The van der Waals surface area contributed by atoms with Crippen molar-refractivity contribution >= 4 is 27.6 Å². The summed E-state index contributed by atoms with van der Waals surface area (Å²) in [5.41, 5.74) is 0.0565. The van der Waals surface area contributed by atoms with Crippen LogP contribution in [-0.2, 0) is 9.84 Å². The number of sulfone groups is 1. The van der Waals surface area contributed by atoms with E-state index >= 15 is 0 Å². The zero-order chi connectivity index (χ0) is 15.3. The molecule has 0 spiro atoms. The van der Waals surface area contributed by atoms with Crippen LogP contribution in [-0.4, -0.2) is 47.5 Å². The zero-order valence-electron chi connectivity index (χ0n) is 11.3. The van der Waals surface area contributed by atoms with Gasteiger partial charge in [0.25, 0.3) is 0 Å². The molecule has 112 valence electrons. The van der Waals surface area contributed by atoms with Crippen LogP contribution < -0.4 is 0 Å². The molecule has 0 aliphatic heterocycles. The van der Waals surface area contributed by atoms with Crippen molar-refractivity contribution in [3.63, 3.8) is 0 Å². The van der Waals surface area contributed by atoms with Crippen LogP contribution in [0.15, 0.2) is 29.2 Å².